The first-order valence-electron chi connectivity index (χ1n) is 11.9. The molecule has 0 aliphatic heterocycles. The Balaban J connectivity index is 0.000000170. The average molecular weight is 544 g/mol. The smallest absolute Gasteiger partial charge is 0.259 e. The van der Waals surface area contributed by atoms with Gasteiger partial charge < -0.3 is 10.7 Å². The number of aryl methyl sites for hydroxylation is 1. The molecule has 0 radical (unpaired) electrons. The molecule has 0 bridgehead atoms. The zero-order chi connectivity index (χ0) is 26.6. The van der Waals surface area contributed by atoms with Crippen LogP contribution < -0.4 is 11.3 Å². The normalized spacial score (nSPS) is 10.8. The van der Waals surface area contributed by atoms with Crippen molar-refractivity contribution in [2.45, 2.75) is 13.3 Å². The Bertz CT molecular complexity index is 1740. The Morgan fingerprint density at radius 1 is 0.789 bits per heavy atom. The van der Waals surface area contributed by atoms with Crippen molar-refractivity contribution >= 4 is 37.9 Å². The molecule has 6 rings (SSSR count). The molecule has 3 aromatic carbocycles. The van der Waals surface area contributed by atoms with Crippen molar-refractivity contribution in [3.8, 4) is 32.3 Å². The van der Waals surface area contributed by atoms with E-state index in [1.54, 1.807) is 41.7 Å². The molecule has 0 aliphatic rings. The Hall–Kier alpha value is -4.14. The quantitative estimate of drug-likeness (QED) is 0.236. The van der Waals surface area contributed by atoms with E-state index in [0.29, 0.717) is 16.0 Å². The van der Waals surface area contributed by atoms with Crippen molar-refractivity contribution < 1.29 is 8.78 Å². The van der Waals surface area contributed by atoms with Gasteiger partial charge in [-0.05, 0) is 59.5 Å². The molecule has 0 aliphatic carbocycles. The molecular formula is C30H23F2N3OS2. The summed E-state index contributed by atoms with van der Waals surface area (Å²) in [5.74, 6) is 0.0618. The molecule has 3 aromatic heterocycles. The molecule has 0 spiro atoms. The number of nitrogens with one attached hydrogen (secondary N) is 1. The van der Waals surface area contributed by atoms with Gasteiger partial charge >= 0.3 is 0 Å². The summed E-state index contributed by atoms with van der Waals surface area (Å²) in [7, 11) is 0. The highest BCUT2D eigenvalue weighted by Crippen LogP contribution is 2.34. The van der Waals surface area contributed by atoms with Gasteiger partial charge in [-0.3, -0.25) is 4.79 Å². The Morgan fingerprint density at radius 3 is 1.92 bits per heavy atom. The molecule has 0 saturated carbocycles. The van der Waals surface area contributed by atoms with Crippen LogP contribution in [-0.4, -0.2) is 9.97 Å². The van der Waals surface area contributed by atoms with Crippen LogP contribution in [0.25, 0.3) is 42.5 Å². The Morgan fingerprint density at radius 2 is 1.37 bits per heavy atom. The third kappa shape index (κ3) is 5.56. The summed E-state index contributed by atoms with van der Waals surface area (Å²) in [6.07, 6.45) is 0.934. The van der Waals surface area contributed by atoms with Crippen LogP contribution in [0.3, 0.4) is 0 Å². The van der Waals surface area contributed by atoms with Gasteiger partial charge in [0, 0.05) is 15.3 Å². The predicted octanol–water partition coefficient (Wildman–Crippen LogP) is 8.16. The fourth-order valence-corrected chi connectivity index (χ4v) is 5.96. The molecule has 6 aromatic rings. The second-order valence-corrected chi connectivity index (χ2v) is 10.6. The van der Waals surface area contributed by atoms with E-state index in [0.717, 1.165) is 37.9 Å². The topological polar surface area (TPSA) is 71.8 Å². The van der Waals surface area contributed by atoms with E-state index in [4.69, 9.17) is 5.73 Å². The number of aromatic amines is 1. The number of hydrogen-bond donors (Lipinski definition) is 2. The second kappa shape index (κ2) is 11.1. The number of thiophene rings is 2. The number of nitrogens with two attached hydrogens (primary N) is 1. The lowest BCUT2D eigenvalue weighted by Crippen LogP contribution is -2.07. The van der Waals surface area contributed by atoms with Gasteiger partial charge in [-0.2, -0.15) is 0 Å². The molecule has 3 N–H and O–H groups in total. The minimum atomic E-state index is -0.280. The summed E-state index contributed by atoms with van der Waals surface area (Å²) in [4.78, 5) is 22.4. The van der Waals surface area contributed by atoms with E-state index in [1.807, 2.05) is 30.3 Å². The lowest BCUT2D eigenvalue weighted by molar-refractivity contribution is 0.627. The van der Waals surface area contributed by atoms with E-state index in [1.165, 1.54) is 41.2 Å². The third-order valence-electron chi connectivity index (χ3n) is 5.93. The lowest BCUT2D eigenvalue weighted by Gasteiger charge is -1.99. The van der Waals surface area contributed by atoms with Gasteiger partial charge in [-0.1, -0.05) is 61.5 Å². The van der Waals surface area contributed by atoms with Gasteiger partial charge in [0.2, 0.25) is 0 Å². The fraction of sp³-hybridized carbons (Fsp3) is 0.0667. The molecule has 0 atom stereocenters. The number of hydrogen-bond acceptors (Lipinski definition) is 5. The summed E-state index contributed by atoms with van der Waals surface area (Å²) in [6.45, 7) is 2.08. The first-order chi connectivity index (χ1) is 18.4. The summed E-state index contributed by atoms with van der Waals surface area (Å²) in [5, 5.41) is 1.41. The number of halogens is 2. The van der Waals surface area contributed by atoms with Gasteiger partial charge in [0.15, 0.2) is 0 Å². The number of H-pyrrole nitrogens is 1. The van der Waals surface area contributed by atoms with E-state index >= 15 is 0 Å². The predicted molar refractivity (Wildman–Crippen MR) is 155 cm³/mol. The molecule has 8 heteroatoms. The monoisotopic (exact) mass is 543 g/mol. The number of aromatic nitrogens is 2. The van der Waals surface area contributed by atoms with Crippen LogP contribution >= 0.6 is 22.7 Å². The van der Waals surface area contributed by atoms with Crippen LogP contribution in [0.2, 0.25) is 0 Å². The van der Waals surface area contributed by atoms with Crippen molar-refractivity contribution in [1.29, 1.82) is 0 Å². The summed E-state index contributed by atoms with van der Waals surface area (Å²) < 4.78 is 25.8. The molecule has 190 valence electrons. The zero-order valence-corrected chi connectivity index (χ0v) is 22.0. The van der Waals surface area contributed by atoms with Crippen LogP contribution in [0, 0.1) is 11.6 Å². The van der Waals surface area contributed by atoms with Crippen LogP contribution in [-0.2, 0) is 6.42 Å². The number of benzene rings is 3. The van der Waals surface area contributed by atoms with E-state index < -0.39 is 0 Å². The van der Waals surface area contributed by atoms with E-state index in [9.17, 15) is 13.6 Å². The number of fused-ring (bicyclic) bond motifs is 1. The molecule has 4 nitrogen and oxygen atoms in total. The maximum absolute atomic E-state index is 13.0. The minimum Gasteiger partial charge on any atom is -0.390 e. The van der Waals surface area contributed by atoms with Crippen molar-refractivity contribution in [2.75, 3.05) is 5.73 Å². The molecule has 0 saturated heterocycles. The van der Waals surface area contributed by atoms with Gasteiger partial charge in [0.25, 0.3) is 5.56 Å². The highest BCUT2D eigenvalue weighted by atomic mass is 32.1. The number of anilines is 1. The minimum absolute atomic E-state index is 0.168. The molecule has 0 unspecified atom stereocenters. The van der Waals surface area contributed by atoms with Crippen molar-refractivity contribution in [3.05, 3.63) is 119 Å². The second-order valence-electron chi connectivity index (χ2n) is 8.48. The highest BCUT2D eigenvalue weighted by Gasteiger charge is 2.11. The highest BCUT2D eigenvalue weighted by molar-refractivity contribution is 7.21. The summed E-state index contributed by atoms with van der Waals surface area (Å²) >= 11 is 2.98. The number of nitrogens with zero attached hydrogens (tertiary/aromatic N) is 1. The summed E-state index contributed by atoms with van der Waals surface area (Å²) in [5.41, 5.74) is 9.62. The van der Waals surface area contributed by atoms with E-state index in [2.05, 4.69) is 23.0 Å². The average Bonchev–Trinajstić information content (AvgIpc) is 3.54. The molecule has 0 amide bonds. The zero-order valence-electron chi connectivity index (χ0n) is 20.4. The maximum Gasteiger partial charge on any atom is 0.259 e. The lowest BCUT2D eigenvalue weighted by atomic mass is 10.1. The van der Waals surface area contributed by atoms with Crippen molar-refractivity contribution in [2.24, 2.45) is 0 Å². The summed E-state index contributed by atoms with van der Waals surface area (Å²) in [6, 6.07) is 26.1. The van der Waals surface area contributed by atoms with Crippen molar-refractivity contribution in [1.82, 2.24) is 9.97 Å². The number of nitrogen functional groups attached to an aromatic ring is 1. The molecule has 38 heavy (non-hydrogen) atoms. The largest absolute Gasteiger partial charge is 0.390 e. The molecule has 3 heterocycles. The maximum atomic E-state index is 13.0. The van der Waals surface area contributed by atoms with Gasteiger partial charge in [-0.25, -0.2) is 13.8 Å². The van der Waals surface area contributed by atoms with Crippen LogP contribution in [0.1, 0.15) is 12.5 Å². The van der Waals surface area contributed by atoms with Gasteiger partial charge in [0.1, 0.15) is 22.3 Å². The van der Waals surface area contributed by atoms with Crippen molar-refractivity contribution in [3.63, 3.8) is 0 Å². The number of rotatable bonds is 4. The SMILES string of the molecule is CCc1cc(-c2ccc(F)cc2)sc1N.O=c1[nH]c(-c2ccccc2)nc2sc(-c3ccc(F)cc3)cc12. The third-order valence-corrected chi connectivity index (χ3v) is 8.06. The Labute approximate surface area is 226 Å². The molecular weight excluding hydrogens is 520 g/mol. The first-order valence-corrected chi connectivity index (χ1v) is 13.5. The van der Waals surface area contributed by atoms with Crippen LogP contribution in [0.15, 0.2) is 95.8 Å². The Kier molecular flexibility index (Phi) is 7.44. The van der Waals surface area contributed by atoms with Gasteiger partial charge in [0.05, 0.1) is 10.4 Å². The fourth-order valence-electron chi connectivity index (χ4n) is 3.90. The van der Waals surface area contributed by atoms with Gasteiger partial charge in [-0.15, -0.1) is 22.7 Å². The molecule has 0 fully saturated rings. The van der Waals surface area contributed by atoms with E-state index in [-0.39, 0.29) is 17.2 Å². The standard InChI is InChI=1S/C18H11FN2OS.C12H12FNS/c19-13-8-6-11(7-9-13)15-10-14-17(22)20-16(21-18(14)23-15)12-4-2-1-3-5-12;1-2-8-7-11(15-12(8)14)9-3-5-10(13)6-4-9/h1-10H,(H,20,21,22);3-7H,2,14H2,1H3. The first kappa shape index (κ1) is 25.5. The van der Waals surface area contributed by atoms with Crippen LogP contribution in [0.5, 0.6) is 0 Å². The van der Waals surface area contributed by atoms with Crippen LogP contribution in [0.4, 0.5) is 13.8 Å².